The van der Waals surface area contributed by atoms with E-state index in [1.165, 1.54) is 33.6 Å². The minimum atomic E-state index is 0. The van der Waals surface area contributed by atoms with Gasteiger partial charge in [0.25, 0.3) is 0 Å². The molecule has 0 amide bonds. The lowest BCUT2D eigenvalue weighted by Crippen LogP contribution is -2.03. The van der Waals surface area contributed by atoms with Gasteiger partial charge in [-0.25, -0.2) is 0 Å². The van der Waals surface area contributed by atoms with Crippen LogP contribution < -0.4 is 0 Å². The minimum Gasteiger partial charge on any atom is -0.258 e. The predicted octanol–water partition coefficient (Wildman–Crippen LogP) is 11.4. The standard InChI is InChI=1S/C29H29N.3C2H6.3CH4/c1-4-10-24(11-5-1)16-17-27-22-28(20-18-25-12-6-2-7-13-25)30-29(23-27)21-19-26-14-8-3-9-15-26;3*1-2;;;/h1-15,22-23H,16-21H2;3*1-2H3;3*1H4. The van der Waals surface area contributed by atoms with Gasteiger partial charge in [0.05, 0.1) is 0 Å². The van der Waals surface area contributed by atoms with Gasteiger partial charge in [0.15, 0.2) is 0 Å². The molecule has 0 unspecified atom stereocenters. The Morgan fingerprint density at radius 2 is 0.615 bits per heavy atom. The smallest absolute Gasteiger partial charge is 0.0413 e. The number of aromatic nitrogens is 1. The summed E-state index contributed by atoms with van der Waals surface area (Å²) in [6, 6.07) is 36.8. The monoisotopic (exact) mass is 529 g/mol. The van der Waals surface area contributed by atoms with E-state index in [4.69, 9.17) is 4.98 Å². The van der Waals surface area contributed by atoms with Gasteiger partial charge in [0.1, 0.15) is 0 Å². The normalized spacial score (nSPS) is 8.77. The summed E-state index contributed by atoms with van der Waals surface area (Å²) in [5, 5.41) is 0. The zero-order valence-corrected chi connectivity index (χ0v) is 23.5. The predicted molar refractivity (Wildman–Crippen MR) is 180 cm³/mol. The van der Waals surface area contributed by atoms with E-state index < -0.39 is 0 Å². The summed E-state index contributed by atoms with van der Waals surface area (Å²) in [4.78, 5) is 5.02. The summed E-state index contributed by atoms with van der Waals surface area (Å²) >= 11 is 0. The van der Waals surface area contributed by atoms with E-state index in [0.29, 0.717) is 0 Å². The van der Waals surface area contributed by atoms with Gasteiger partial charge in [-0.3, -0.25) is 4.98 Å². The van der Waals surface area contributed by atoms with E-state index >= 15 is 0 Å². The minimum absolute atomic E-state index is 0. The van der Waals surface area contributed by atoms with E-state index in [2.05, 4.69) is 103 Å². The Balaban J connectivity index is -0.00000135. The Labute approximate surface area is 243 Å². The third-order valence-electron chi connectivity index (χ3n) is 5.56. The first kappa shape index (κ1) is 40.3. The number of nitrogens with zero attached hydrogens (tertiary/aromatic N) is 1. The van der Waals surface area contributed by atoms with E-state index in [1.807, 2.05) is 41.5 Å². The lowest BCUT2D eigenvalue weighted by molar-refractivity contribution is 0.840. The van der Waals surface area contributed by atoms with Crippen LogP contribution in [0.5, 0.6) is 0 Å². The molecule has 1 nitrogen and oxygen atoms in total. The van der Waals surface area contributed by atoms with Crippen molar-refractivity contribution in [3.05, 3.63) is 137 Å². The molecule has 0 saturated heterocycles. The number of aryl methyl sites for hydroxylation is 6. The summed E-state index contributed by atoms with van der Waals surface area (Å²) < 4.78 is 0. The molecular weight excluding hydrogens is 470 g/mol. The molecule has 0 atom stereocenters. The van der Waals surface area contributed by atoms with Crippen molar-refractivity contribution in [2.75, 3.05) is 0 Å². The van der Waals surface area contributed by atoms with Gasteiger partial charge in [-0.2, -0.15) is 0 Å². The molecule has 0 radical (unpaired) electrons. The second-order valence-electron chi connectivity index (χ2n) is 7.91. The number of hydrogen-bond donors (Lipinski definition) is 0. The number of hydrogen-bond acceptors (Lipinski definition) is 1. The Bertz CT molecular complexity index is 875. The molecule has 0 fully saturated rings. The quantitative estimate of drug-likeness (QED) is 0.210. The summed E-state index contributed by atoms with van der Waals surface area (Å²) in [6.45, 7) is 12.0. The highest BCUT2D eigenvalue weighted by Crippen LogP contribution is 2.15. The number of pyridine rings is 1. The molecule has 4 aromatic rings. The fraction of sp³-hybridized carbons (Fsp3) is 0.395. The first-order valence-corrected chi connectivity index (χ1v) is 14.0. The summed E-state index contributed by atoms with van der Waals surface area (Å²) in [5.41, 5.74) is 7.98. The highest BCUT2D eigenvalue weighted by Gasteiger charge is 2.06. The zero-order chi connectivity index (χ0) is 26.4. The van der Waals surface area contributed by atoms with Crippen LogP contribution in [0.3, 0.4) is 0 Å². The van der Waals surface area contributed by atoms with Gasteiger partial charge < -0.3 is 0 Å². The maximum absolute atomic E-state index is 5.02. The van der Waals surface area contributed by atoms with Crippen LogP contribution in [0, 0.1) is 0 Å². The molecule has 39 heavy (non-hydrogen) atoms. The first-order chi connectivity index (χ1) is 17.8. The number of rotatable bonds is 9. The van der Waals surface area contributed by atoms with Crippen LogP contribution in [0.4, 0.5) is 0 Å². The maximum Gasteiger partial charge on any atom is 0.0413 e. The summed E-state index contributed by atoms with van der Waals surface area (Å²) in [7, 11) is 0. The van der Waals surface area contributed by atoms with E-state index in [-0.39, 0.29) is 22.3 Å². The van der Waals surface area contributed by atoms with Crippen LogP contribution >= 0.6 is 0 Å². The fourth-order valence-corrected chi connectivity index (χ4v) is 3.89. The van der Waals surface area contributed by atoms with Crippen molar-refractivity contribution in [2.24, 2.45) is 0 Å². The van der Waals surface area contributed by atoms with Gasteiger partial charge >= 0.3 is 0 Å². The summed E-state index contributed by atoms with van der Waals surface area (Å²) in [6.07, 6.45) is 6.18. The van der Waals surface area contributed by atoms with Crippen LogP contribution in [0.1, 0.15) is 97.5 Å². The first-order valence-electron chi connectivity index (χ1n) is 14.0. The van der Waals surface area contributed by atoms with Crippen LogP contribution in [-0.4, -0.2) is 4.98 Å². The van der Waals surface area contributed by atoms with E-state index in [9.17, 15) is 0 Å². The van der Waals surface area contributed by atoms with Crippen molar-refractivity contribution in [1.29, 1.82) is 0 Å². The van der Waals surface area contributed by atoms with Gasteiger partial charge in [-0.05, 0) is 72.9 Å². The zero-order valence-electron chi connectivity index (χ0n) is 23.5. The van der Waals surface area contributed by atoms with Crippen molar-refractivity contribution in [1.82, 2.24) is 4.98 Å². The highest BCUT2D eigenvalue weighted by atomic mass is 14.7. The molecule has 216 valence electrons. The molecule has 0 aliphatic heterocycles. The average Bonchev–Trinajstić information content (AvgIpc) is 2.99. The molecule has 3 aromatic carbocycles. The Hall–Kier alpha value is -3.19. The van der Waals surface area contributed by atoms with Crippen molar-refractivity contribution in [3.63, 3.8) is 0 Å². The van der Waals surface area contributed by atoms with E-state index in [1.54, 1.807) is 0 Å². The molecule has 4 rings (SSSR count). The molecule has 0 saturated carbocycles. The molecule has 0 N–H and O–H groups in total. The van der Waals surface area contributed by atoms with Gasteiger partial charge in [0.2, 0.25) is 0 Å². The molecule has 1 aromatic heterocycles. The largest absolute Gasteiger partial charge is 0.258 e. The van der Waals surface area contributed by atoms with Gasteiger partial charge in [0, 0.05) is 11.4 Å². The Kier molecular flexibility index (Phi) is 27.3. The molecule has 0 bridgehead atoms. The summed E-state index contributed by atoms with van der Waals surface area (Å²) in [5.74, 6) is 0. The molecule has 1 heteroatoms. The molecule has 0 aliphatic carbocycles. The molecular formula is C38H59N. The maximum atomic E-state index is 5.02. The average molecular weight is 530 g/mol. The SMILES string of the molecule is C.C.C.CC.CC.CC.c1ccc(CCc2cc(CCc3ccccc3)nc(CCc3ccccc3)c2)cc1. The van der Waals surface area contributed by atoms with Gasteiger partial charge in [-0.15, -0.1) is 0 Å². The fourth-order valence-electron chi connectivity index (χ4n) is 3.89. The third kappa shape index (κ3) is 16.4. The van der Waals surface area contributed by atoms with Crippen molar-refractivity contribution in [2.45, 2.75) is 102 Å². The third-order valence-corrected chi connectivity index (χ3v) is 5.56. The van der Waals surface area contributed by atoms with Gasteiger partial charge in [-0.1, -0.05) is 155 Å². The van der Waals surface area contributed by atoms with E-state index in [0.717, 1.165) is 38.5 Å². The molecule has 1 heterocycles. The topological polar surface area (TPSA) is 12.9 Å². The lowest BCUT2D eigenvalue weighted by Gasteiger charge is -2.10. The van der Waals surface area contributed by atoms with Crippen molar-refractivity contribution in [3.8, 4) is 0 Å². The second kappa shape index (κ2) is 26.4. The second-order valence-corrected chi connectivity index (χ2v) is 7.91. The molecule has 0 spiro atoms. The lowest BCUT2D eigenvalue weighted by atomic mass is 10.00. The van der Waals surface area contributed by atoms with Crippen LogP contribution in [0.25, 0.3) is 0 Å². The van der Waals surface area contributed by atoms with Crippen molar-refractivity contribution < 1.29 is 0 Å². The Morgan fingerprint density at radius 3 is 0.923 bits per heavy atom. The van der Waals surface area contributed by atoms with Crippen molar-refractivity contribution >= 4 is 0 Å². The Morgan fingerprint density at radius 1 is 0.359 bits per heavy atom. The van der Waals surface area contributed by atoms with Crippen LogP contribution in [-0.2, 0) is 38.5 Å². The highest BCUT2D eigenvalue weighted by molar-refractivity contribution is 5.26. The molecule has 0 aliphatic rings. The van der Waals surface area contributed by atoms with Crippen LogP contribution in [0.15, 0.2) is 103 Å². The number of benzene rings is 3. The van der Waals surface area contributed by atoms with Crippen LogP contribution in [0.2, 0.25) is 0 Å².